The first-order valence-electron chi connectivity index (χ1n) is 19.5. The molecule has 0 amide bonds. The van der Waals surface area contributed by atoms with Gasteiger partial charge in [-0.3, -0.25) is 0 Å². The van der Waals surface area contributed by atoms with E-state index in [0.717, 1.165) is 23.4 Å². The molecule has 7 aromatic carbocycles. The van der Waals surface area contributed by atoms with E-state index >= 15 is 0 Å². The molecule has 1 aliphatic carbocycles. The number of anilines is 3. The smallest absolute Gasteiger partial charge is 0.0464 e. The van der Waals surface area contributed by atoms with Crippen molar-refractivity contribution >= 4 is 40.4 Å². The van der Waals surface area contributed by atoms with E-state index in [4.69, 9.17) is 0 Å². The SMILES string of the molecule is Cc1ccc(C(=C/C=C/c2ccc(N(c3ccc(C=C(c4ccccc4)c4ccccc4)cc3)c3ccc4c(c3)CCCC4)cc2)c2ccc(C)cc2)cc1. The third-order valence-electron chi connectivity index (χ3n) is 10.7. The lowest BCUT2D eigenvalue weighted by Crippen LogP contribution is -2.12. The number of hydrogen-bond acceptors (Lipinski definition) is 1. The summed E-state index contributed by atoms with van der Waals surface area (Å²) in [4.78, 5) is 2.40. The van der Waals surface area contributed by atoms with Crippen LogP contribution in [0.4, 0.5) is 17.1 Å². The highest BCUT2D eigenvalue weighted by atomic mass is 15.1. The Morgan fingerprint density at radius 3 is 1.45 bits per heavy atom. The van der Waals surface area contributed by atoms with E-state index in [-0.39, 0.29) is 0 Å². The lowest BCUT2D eigenvalue weighted by molar-refractivity contribution is 0.685. The summed E-state index contributed by atoms with van der Waals surface area (Å²) in [7, 11) is 0. The van der Waals surface area contributed by atoms with Crippen molar-refractivity contribution in [1.29, 1.82) is 0 Å². The highest BCUT2D eigenvalue weighted by Gasteiger charge is 2.17. The van der Waals surface area contributed by atoms with Crippen LogP contribution in [0, 0.1) is 13.8 Å². The number of hydrogen-bond donors (Lipinski definition) is 0. The van der Waals surface area contributed by atoms with Gasteiger partial charge in [0.15, 0.2) is 0 Å². The van der Waals surface area contributed by atoms with Crippen LogP contribution in [0.3, 0.4) is 0 Å². The minimum absolute atomic E-state index is 1.14. The highest BCUT2D eigenvalue weighted by molar-refractivity contribution is 5.92. The van der Waals surface area contributed by atoms with Crippen molar-refractivity contribution in [2.24, 2.45) is 0 Å². The molecule has 0 unspecified atom stereocenters. The Morgan fingerprint density at radius 1 is 0.436 bits per heavy atom. The topological polar surface area (TPSA) is 3.24 Å². The van der Waals surface area contributed by atoms with Gasteiger partial charge >= 0.3 is 0 Å². The van der Waals surface area contributed by atoms with E-state index < -0.39 is 0 Å². The van der Waals surface area contributed by atoms with E-state index in [2.05, 4.69) is 219 Å². The summed E-state index contributed by atoms with van der Waals surface area (Å²) in [5.74, 6) is 0. The fourth-order valence-corrected chi connectivity index (χ4v) is 7.58. The van der Waals surface area contributed by atoms with Crippen LogP contribution in [0.2, 0.25) is 0 Å². The monoisotopic (exact) mass is 709 g/mol. The van der Waals surface area contributed by atoms with Gasteiger partial charge in [0.2, 0.25) is 0 Å². The van der Waals surface area contributed by atoms with Gasteiger partial charge in [-0.15, -0.1) is 0 Å². The molecule has 0 aliphatic heterocycles. The molecule has 1 aliphatic rings. The maximum absolute atomic E-state index is 2.42. The maximum atomic E-state index is 2.42. The predicted octanol–water partition coefficient (Wildman–Crippen LogP) is 14.4. The number of benzene rings is 7. The van der Waals surface area contributed by atoms with Gasteiger partial charge in [0.05, 0.1) is 0 Å². The van der Waals surface area contributed by atoms with Crippen LogP contribution in [-0.2, 0) is 12.8 Å². The second-order valence-corrected chi connectivity index (χ2v) is 14.6. The molecular formula is C54H47N. The molecule has 0 fully saturated rings. The van der Waals surface area contributed by atoms with E-state index in [1.54, 1.807) is 0 Å². The molecule has 1 heteroatoms. The number of rotatable bonds is 10. The molecule has 0 heterocycles. The van der Waals surface area contributed by atoms with Crippen LogP contribution in [0.1, 0.15) is 68.5 Å². The van der Waals surface area contributed by atoms with Crippen molar-refractivity contribution in [3.63, 3.8) is 0 Å². The van der Waals surface area contributed by atoms with Gasteiger partial charge < -0.3 is 4.90 Å². The van der Waals surface area contributed by atoms with Gasteiger partial charge in [0.25, 0.3) is 0 Å². The minimum Gasteiger partial charge on any atom is -0.310 e. The molecule has 0 saturated heterocycles. The van der Waals surface area contributed by atoms with Crippen molar-refractivity contribution in [2.45, 2.75) is 39.5 Å². The Labute approximate surface area is 327 Å². The van der Waals surface area contributed by atoms with Gasteiger partial charge in [-0.25, -0.2) is 0 Å². The molecule has 0 saturated carbocycles. The molecule has 0 N–H and O–H groups in total. The first-order chi connectivity index (χ1) is 27.1. The lowest BCUT2D eigenvalue weighted by Gasteiger charge is -2.27. The summed E-state index contributed by atoms with van der Waals surface area (Å²) in [5.41, 5.74) is 18.6. The highest BCUT2D eigenvalue weighted by Crippen LogP contribution is 2.38. The second kappa shape index (κ2) is 16.7. The van der Waals surface area contributed by atoms with Crippen molar-refractivity contribution in [3.05, 3.63) is 244 Å². The fraction of sp³-hybridized carbons (Fsp3) is 0.111. The first kappa shape index (κ1) is 35.6. The average Bonchev–Trinajstić information content (AvgIpc) is 3.24. The van der Waals surface area contributed by atoms with E-state index in [9.17, 15) is 0 Å². The molecule has 268 valence electrons. The molecule has 8 rings (SSSR count). The summed E-state index contributed by atoms with van der Waals surface area (Å²) in [5, 5.41) is 0. The fourth-order valence-electron chi connectivity index (χ4n) is 7.58. The molecule has 0 aromatic heterocycles. The molecule has 1 nitrogen and oxygen atoms in total. The largest absolute Gasteiger partial charge is 0.310 e. The normalized spacial score (nSPS) is 12.2. The summed E-state index contributed by atoms with van der Waals surface area (Å²) in [6, 6.07) is 64.0. The van der Waals surface area contributed by atoms with Crippen LogP contribution in [0.25, 0.3) is 23.3 Å². The number of allylic oxidation sites excluding steroid dienone is 2. The van der Waals surface area contributed by atoms with Gasteiger partial charge in [-0.05, 0) is 138 Å². The molecule has 0 bridgehead atoms. The van der Waals surface area contributed by atoms with Crippen LogP contribution < -0.4 is 4.90 Å². The Kier molecular flexibility index (Phi) is 10.8. The maximum Gasteiger partial charge on any atom is 0.0464 e. The van der Waals surface area contributed by atoms with Gasteiger partial charge in [-0.1, -0.05) is 169 Å². The molecule has 0 spiro atoms. The zero-order chi connectivity index (χ0) is 37.4. The van der Waals surface area contributed by atoms with E-state index in [0.29, 0.717) is 0 Å². The zero-order valence-electron chi connectivity index (χ0n) is 31.8. The molecule has 0 radical (unpaired) electrons. The van der Waals surface area contributed by atoms with Gasteiger partial charge in [0.1, 0.15) is 0 Å². The summed E-state index contributed by atoms with van der Waals surface area (Å²) in [6.45, 7) is 4.27. The number of fused-ring (bicyclic) bond motifs is 1. The summed E-state index contributed by atoms with van der Waals surface area (Å²) < 4.78 is 0. The standard InChI is InChI=1S/C54H47N/c1-40-20-28-47(29-21-40)53(48-30-22-41(2)23-31-48)19-11-12-42-24-33-50(34-25-42)55(52-37-32-44-13-9-10-18-49(44)39-52)51-35-26-43(27-36-51)38-54(45-14-5-3-6-15-45)46-16-7-4-8-17-46/h3-8,11-12,14-17,19-39H,9-10,13,18H2,1-2H3/b12-11+. The molecule has 0 atom stereocenters. The van der Waals surface area contributed by atoms with Crippen LogP contribution >= 0.6 is 0 Å². The first-order valence-corrected chi connectivity index (χ1v) is 19.5. The Bertz CT molecular complexity index is 2340. The van der Waals surface area contributed by atoms with E-state index in [1.165, 1.54) is 86.2 Å². The van der Waals surface area contributed by atoms with Crippen molar-refractivity contribution in [2.75, 3.05) is 4.90 Å². The number of nitrogens with zero attached hydrogens (tertiary/aromatic N) is 1. The van der Waals surface area contributed by atoms with Crippen molar-refractivity contribution in [3.8, 4) is 0 Å². The Hall–Kier alpha value is -6.44. The van der Waals surface area contributed by atoms with Crippen LogP contribution in [-0.4, -0.2) is 0 Å². The third kappa shape index (κ3) is 8.53. The quantitative estimate of drug-likeness (QED) is 0.101. The lowest BCUT2D eigenvalue weighted by atomic mass is 9.91. The predicted molar refractivity (Wildman–Crippen MR) is 236 cm³/mol. The molecule has 7 aromatic rings. The van der Waals surface area contributed by atoms with Crippen LogP contribution in [0.15, 0.2) is 188 Å². The Balaban J connectivity index is 1.12. The third-order valence-corrected chi connectivity index (χ3v) is 10.7. The zero-order valence-corrected chi connectivity index (χ0v) is 31.8. The Morgan fingerprint density at radius 2 is 0.909 bits per heavy atom. The van der Waals surface area contributed by atoms with Gasteiger partial charge in [-0.2, -0.15) is 0 Å². The van der Waals surface area contributed by atoms with Crippen LogP contribution in [0.5, 0.6) is 0 Å². The second-order valence-electron chi connectivity index (χ2n) is 14.6. The minimum atomic E-state index is 1.14. The van der Waals surface area contributed by atoms with Crippen molar-refractivity contribution < 1.29 is 0 Å². The summed E-state index contributed by atoms with van der Waals surface area (Å²) >= 11 is 0. The van der Waals surface area contributed by atoms with Gasteiger partial charge in [0, 0.05) is 17.1 Å². The van der Waals surface area contributed by atoms with Crippen molar-refractivity contribution in [1.82, 2.24) is 0 Å². The van der Waals surface area contributed by atoms with E-state index in [1.807, 2.05) is 0 Å². The molecular weight excluding hydrogens is 663 g/mol. The average molecular weight is 710 g/mol. The molecule has 55 heavy (non-hydrogen) atoms. The number of aryl methyl sites for hydroxylation is 4. The summed E-state index contributed by atoms with van der Waals surface area (Å²) in [6.07, 6.45) is 13.8.